The predicted molar refractivity (Wildman–Crippen MR) is 65.5 cm³/mol. The van der Waals surface area contributed by atoms with Gasteiger partial charge in [-0.2, -0.15) is 0 Å². The zero-order valence-corrected chi connectivity index (χ0v) is 9.04. The third-order valence-electron chi connectivity index (χ3n) is 2.97. The summed E-state index contributed by atoms with van der Waals surface area (Å²) in [5, 5.41) is 11.9. The van der Waals surface area contributed by atoms with Crippen molar-refractivity contribution in [3.8, 4) is 0 Å². The Hall–Kier alpha value is -2.08. The van der Waals surface area contributed by atoms with Gasteiger partial charge in [0.1, 0.15) is 0 Å². The van der Waals surface area contributed by atoms with E-state index in [-0.39, 0.29) is 11.1 Å². The van der Waals surface area contributed by atoms with Crippen LogP contribution in [0, 0.1) is 0 Å². The first-order valence-corrected chi connectivity index (χ1v) is 5.46. The highest BCUT2D eigenvalue weighted by Crippen LogP contribution is 2.18. The summed E-state index contributed by atoms with van der Waals surface area (Å²) >= 11 is 0. The van der Waals surface area contributed by atoms with Crippen molar-refractivity contribution in [1.82, 2.24) is 15.5 Å². The van der Waals surface area contributed by atoms with Crippen molar-refractivity contribution in [2.75, 3.05) is 18.4 Å². The van der Waals surface area contributed by atoms with Crippen LogP contribution in [0.1, 0.15) is 0 Å². The summed E-state index contributed by atoms with van der Waals surface area (Å²) in [6.45, 7) is 1.75. The highest BCUT2D eigenvalue weighted by molar-refractivity contribution is 5.92. The molecule has 0 amide bonds. The van der Waals surface area contributed by atoms with Crippen molar-refractivity contribution in [2.45, 2.75) is 6.04 Å². The monoisotopic (exact) mass is 232 g/mol. The van der Waals surface area contributed by atoms with Crippen LogP contribution in [0.4, 0.5) is 5.69 Å². The maximum atomic E-state index is 11.8. The number of fused-ring (bicyclic) bond motifs is 1. The van der Waals surface area contributed by atoms with Gasteiger partial charge in [0.15, 0.2) is 0 Å². The fourth-order valence-corrected chi connectivity index (χ4v) is 1.96. The highest BCUT2D eigenvalue weighted by atomic mass is 16.1. The first-order valence-electron chi connectivity index (χ1n) is 5.46. The molecule has 0 unspecified atom stereocenters. The maximum Gasteiger partial charge on any atom is 0.272 e. The fourth-order valence-electron chi connectivity index (χ4n) is 1.96. The van der Waals surface area contributed by atoms with Gasteiger partial charge < -0.3 is 10.6 Å². The van der Waals surface area contributed by atoms with E-state index in [1.165, 1.54) is 0 Å². The number of aromatic nitrogens is 2. The number of H-pyrrole nitrogens is 2. The largest absolute Gasteiger partial charge is 0.379 e. The second kappa shape index (κ2) is 3.74. The molecular formula is C11H12N4O2. The molecule has 17 heavy (non-hydrogen) atoms. The number of hydrogen-bond donors (Lipinski definition) is 4. The molecule has 0 aliphatic carbocycles. The van der Waals surface area contributed by atoms with Crippen LogP contribution in [0.15, 0.2) is 27.8 Å². The molecule has 0 spiro atoms. The van der Waals surface area contributed by atoms with Crippen molar-refractivity contribution in [3.63, 3.8) is 0 Å². The number of benzene rings is 1. The molecule has 2 aromatic rings. The molecule has 1 aliphatic heterocycles. The topological polar surface area (TPSA) is 89.8 Å². The Morgan fingerprint density at radius 3 is 2.59 bits per heavy atom. The van der Waals surface area contributed by atoms with E-state index in [0.29, 0.717) is 22.5 Å². The molecule has 1 fully saturated rings. The molecule has 2 heterocycles. The zero-order valence-electron chi connectivity index (χ0n) is 9.04. The van der Waals surface area contributed by atoms with Gasteiger partial charge in [-0.3, -0.25) is 19.8 Å². The third-order valence-corrected chi connectivity index (χ3v) is 2.97. The van der Waals surface area contributed by atoms with E-state index >= 15 is 0 Å². The summed E-state index contributed by atoms with van der Waals surface area (Å²) in [5.41, 5.74) is 0.145. The zero-order chi connectivity index (χ0) is 11.8. The minimum absolute atomic E-state index is 0.282. The number of rotatable bonds is 2. The highest BCUT2D eigenvalue weighted by Gasteiger charge is 2.18. The smallest absolute Gasteiger partial charge is 0.272 e. The summed E-state index contributed by atoms with van der Waals surface area (Å²) in [7, 11) is 0. The van der Waals surface area contributed by atoms with E-state index in [9.17, 15) is 9.59 Å². The second-order valence-corrected chi connectivity index (χ2v) is 4.14. The standard InChI is InChI=1S/C11H12N4O2/c16-10-7-2-1-3-8(13-6-4-12-5-6)9(7)11(17)15-14-10/h1-3,6,12-13H,4-5H2,(H,14,16)(H,15,17). The van der Waals surface area contributed by atoms with E-state index in [4.69, 9.17) is 0 Å². The molecule has 3 rings (SSSR count). The normalized spacial score (nSPS) is 15.8. The summed E-state index contributed by atoms with van der Waals surface area (Å²) in [6.07, 6.45) is 0. The van der Waals surface area contributed by atoms with E-state index in [1.54, 1.807) is 12.1 Å². The molecule has 0 radical (unpaired) electrons. The van der Waals surface area contributed by atoms with Gasteiger partial charge in [-0.15, -0.1) is 0 Å². The van der Waals surface area contributed by atoms with Gasteiger partial charge in [-0.1, -0.05) is 6.07 Å². The molecule has 0 bridgehead atoms. The van der Waals surface area contributed by atoms with E-state index in [2.05, 4.69) is 20.8 Å². The van der Waals surface area contributed by atoms with E-state index < -0.39 is 0 Å². The lowest BCUT2D eigenvalue weighted by molar-refractivity contribution is 0.472. The van der Waals surface area contributed by atoms with Crippen molar-refractivity contribution >= 4 is 16.5 Å². The van der Waals surface area contributed by atoms with Crippen molar-refractivity contribution in [2.24, 2.45) is 0 Å². The summed E-state index contributed by atoms with van der Waals surface area (Å²) < 4.78 is 0. The van der Waals surface area contributed by atoms with Gasteiger partial charge in [-0.05, 0) is 12.1 Å². The Bertz CT molecular complexity index is 669. The number of hydrogen-bond acceptors (Lipinski definition) is 4. The average molecular weight is 232 g/mol. The number of nitrogens with one attached hydrogen (secondary N) is 4. The molecule has 6 nitrogen and oxygen atoms in total. The SMILES string of the molecule is O=c1[nH][nH]c(=O)c2c(NC3CNC3)cccc12. The Balaban J connectivity index is 2.20. The number of aromatic amines is 2. The van der Waals surface area contributed by atoms with Crippen LogP contribution < -0.4 is 21.8 Å². The summed E-state index contributed by atoms with van der Waals surface area (Å²) in [6, 6.07) is 5.55. The molecule has 1 saturated heterocycles. The van der Waals surface area contributed by atoms with E-state index in [0.717, 1.165) is 13.1 Å². The Morgan fingerprint density at radius 1 is 1.12 bits per heavy atom. The third kappa shape index (κ3) is 1.62. The molecule has 1 aromatic carbocycles. The molecule has 1 aliphatic rings. The molecule has 0 atom stereocenters. The van der Waals surface area contributed by atoms with Gasteiger partial charge in [0.05, 0.1) is 16.8 Å². The van der Waals surface area contributed by atoms with Crippen molar-refractivity contribution < 1.29 is 0 Å². The average Bonchev–Trinajstić information content (AvgIpc) is 2.29. The second-order valence-electron chi connectivity index (χ2n) is 4.14. The molecule has 6 heteroatoms. The van der Waals surface area contributed by atoms with Crippen molar-refractivity contribution in [1.29, 1.82) is 0 Å². The van der Waals surface area contributed by atoms with Crippen LogP contribution in [-0.2, 0) is 0 Å². The Morgan fingerprint density at radius 2 is 1.88 bits per heavy atom. The fraction of sp³-hybridized carbons (Fsp3) is 0.273. The van der Waals surface area contributed by atoms with Crippen molar-refractivity contribution in [3.05, 3.63) is 38.9 Å². The van der Waals surface area contributed by atoms with Crippen LogP contribution in [0.5, 0.6) is 0 Å². The first kappa shape index (κ1) is 10.1. The van der Waals surface area contributed by atoms with Gasteiger partial charge in [0.25, 0.3) is 11.1 Å². The van der Waals surface area contributed by atoms with Gasteiger partial charge in [0, 0.05) is 18.8 Å². The number of anilines is 1. The molecule has 1 aromatic heterocycles. The van der Waals surface area contributed by atoms with Crippen LogP contribution in [0.25, 0.3) is 10.8 Å². The van der Waals surface area contributed by atoms with Crippen LogP contribution >= 0.6 is 0 Å². The minimum Gasteiger partial charge on any atom is -0.379 e. The molecule has 0 saturated carbocycles. The van der Waals surface area contributed by atoms with Crippen LogP contribution in [0.2, 0.25) is 0 Å². The summed E-state index contributed by atoms with van der Waals surface area (Å²) in [5.74, 6) is 0. The van der Waals surface area contributed by atoms with Gasteiger partial charge in [0.2, 0.25) is 0 Å². The lowest BCUT2D eigenvalue weighted by atomic mass is 10.1. The Labute approximate surface area is 96.0 Å². The van der Waals surface area contributed by atoms with Gasteiger partial charge in [-0.25, -0.2) is 0 Å². The lowest BCUT2D eigenvalue weighted by Crippen LogP contribution is -2.51. The summed E-state index contributed by atoms with van der Waals surface area (Å²) in [4.78, 5) is 23.3. The quantitative estimate of drug-likeness (QED) is 0.567. The van der Waals surface area contributed by atoms with E-state index in [1.807, 2.05) is 6.07 Å². The first-order chi connectivity index (χ1) is 8.25. The molecule has 4 N–H and O–H groups in total. The lowest BCUT2D eigenvalue weighted by Gasteiger charge is -2.29. The molecule has 88 valence electrons. The minimum atomic E-state index is -0.282. The molecular weight excluding hydrogens is 220 g/mol. The maximum absolute atomic E-state index is 11.8. The van der Waals surface area contributed by atoms with Gasteiger partial charge >= 0.3 is 0 Å². The Kier molecular flexibility index (Phi) is 2.22. The van der Waals surface area contributed by atoms with Crippen LogP contribution in [0.3, 0.4) is 0 Å². The van der Waals surface area contributed by atoms with Crippen LogP contribution in [-0.4, -0.2) is 29.3 Å². The predicted octanol–water partition coefficient (Wildman–Crippen LogP) is -0.400.